The van der Waals surface area contributed by atoms with Crippen molar-refractivity contribution in [2.45, 2.75) is 6.92 Å². The molecule has 0 atom stereocenters. The maximum atomic E-state index is 11.6. The molecule has 1 fully saturated rings. The van der Waals surface area contributed by atoms with Crippen molar-refractivity contribution < 1.29 is 9.59 Å². The second-order valence-corrected chi connectivity index (χ2v) is 4.68. The van der Waals surface area contributed by atoms with Gasteiger partial charge in [-0.1, -0.05) is 6.07 Å². The summed E-state index contributed by atoms with van der Waals surface area (Å²) < 4.78 is 0. The van der Waals surface area contributed by atoms with Gasteiger partial charge in [-0.3, -0.25) is 25.3 Å². The van der Waals surface area contributed by atoms with Crippen LogP contribution in [0, 0.1) is 0 Å². The van der Waals surface area contributed by atoms with Crippen molar-refractivity contribution in [3.8, 4) is 0 Å². The minimum Gasteiger partial charge on any atom is -0.354 e. The zero-order valence-electron chi connectivity index (χ0n) is 11.5. The van der Waals surface area contributed by atoms with Crippen molar-refractivity contribution in [1.29, 1.82) is 0 Å². The summed E-state index contributed by atoms with van der Waals surface area (Å²) in [5, 5.41) is 0. The number of carbonyl (C=O) groups excluding carboxylic acids is 2. The Labute approximate surface area is 117 Å². The Hall–Kier alpha value is -2.15. The van der Waals surface area contributed by atoms with Gasteiger partial charge in [-0.25, -0.2) is 4.98 Å². The molecule has 0 spiro atoms. The first-order valence-electron chi connectivity index (χ1n) is 6.59. The Kier molecular flexibility index (Phi) is 4.89. The number of pyridine rings is 1. The van der Waals surface area contributed by atoms with E-state index in [-0.39, 0.29) is 18.4 Å². The number of nitrogens with zero attached hydrogens (tertiary/aromatic N) is 3. The number of aromatic nitrogens is 1. The molecule has 2 amide bonds. The van der Waals surface area contributed by atoms with E-state index < -0.39 is 0 Å². The fourth-order valence-electron chi connectivity index (χ4n) is 2.08. The number of carbonyl (C=O) groups is 2. The molecule has 0 saturated carbocycles. The van der Waals surface area contributed by atoms with Crippen LogP contribution in [-0.4, -0.2) is 54.4 Å². The van der Waals surface area contributed by atoms with E-state index in [0.717, 1.165) is 32.0 Å². The molecule has 20 heavy (non-hydrogen) atoms. The van der Waals surface area contributed by atoms with Gasteiger partial charge in [-0.05, 0) is 12.1 Å². The van der Waals surface area contributed by atoms with Gasteiger partial charge in [-0.2, -0.15) is 0 Å². The molecule has 1 aliphatic rings. The standard InChI is InChI=1S/C13H19N5O2/c1-11(19)15-16-13(20)10-17-6-8-18(9-7-17)12-4-2-3-5-14-12/h2-5H,6-10H2,1H3,(H,15,19)(H,16,20). The lowest BCUT2D eigenvalue weighted by molar-refractivity contribution is -0.128. The Morgan fingerprint density at radius 2 is 1.95 bits per heavy atom. The van der Waals surface area contributed by atoms with Crippen LogP contribution in [0.5, 0.6) is 0 Å². The third-order valence-electron chi connectivity index (χ3n) is 3.09. The molecule has 0 unspecified atom stereocenters. The van der Waals surface area contributed by atoms with E-state index in [1.165, 1.54) is 6.92 Å². The average molecular weight is 277 g/mol. The molecule has 1 aromatic heterocycles. The van der Waals surface area contributed by atoms with E-state index >= 15 is 0 Å². The first kappa shape index (κ1) is 14.3. The highest BCUT2D eigenvalue weighted by atomic mass is 16.2. The summed E-state index contributed by atoms with van der Waals surface area (Å²) in [5.41, 5.74) is 4.65. The number of anilines is 1. The minimum atomic E-state index is -0.279. The topological polar surface area (TPSA) is 77.6 Å². The molecular formula is C13H19N5O2. The van der Waals surface area contributed by atoms with Crippen molar-refractivity contribution in [3.63, 3.8) is 0 Å². The monoisotopic (exact) mass is 277 g/mol. The van der Waals surface area contributed by atoms with Crippen LogP contribution in [0.15, 0.2) is 24.4 Å². The first-order valence-corrected chi connectivity index (χ1v) is 6.59. The van der Waals surface area contributed by atoms with Gasteiger partial charge in [0.15, 0.2) is 0 Å². The van der Waals surface area contributed by atoms with E-state index in [1.807, 2.05) is 18.2 Å². The third kappa shape index (κ3) is 4.20. The van der Waals surface area contributed by atoms with Crippen molar-refractivity contribution >= 4 is 17.6 Å². The molecule has 2 N–H and O–H groups in total. The number of hydrogen-bond donors (Lipinski definition) is 2. The van der Waals surface area contributed by atoms with Gasteiger partial charge in [-0.15, -0.1) is 0 Å². The molecule has 2 heterocycles. The molecule has 0 aromatic carbocycles. The number of piperazine rings is 1. The van der Waals surface area contributed by atoms with E-state index in [0.29, 0.717) is 0 Å². The SMILES string of the molecule is CC(=O)NNC(=O)CN1CCN(c2ccccn2)CC1. The van der Waals surface area contributed by atoms with Crippen LogP contribution < -0.4 is 15.8 Å². The van der Waals surface area contributed by atoms with E-state index in [4.69, 9.17) is 0 Å². The van der Waals surface area contributed by atoms with Crippen LogP contribution >= 0.6 is 0 Å². The number of hydrogen-bond acceptors (Lipinski definition) is 5. The lowest BCUT2D eigenvalue weighted by atomic mass is 10.3. The molecule has 1 saturated heterocycles. The molecule has 7 nitrogen and oxygen atoms in total. The van der Waals surface area contributed by atoms with Gasteiger partial charge in [0.2, 0.25) is 5.91 Å². The maximum Gasteiger partial charge on any atom is 0.252 e. The van der Waals surface area contributed by atoms with Gasteiger partial charge in [0.1, 0.15) is 5.82 Å². The molecule has 1 aromatic rings. The van der Waals surface area contributed by atoms with Crippen LogP contribution in [0.4, 0.5) is 5.82 Å². The molecule has 0 aliphatic carbocycles. The largest absolute Gasteiger partial charge is 0.354 e. The fourth-order valence-corrected chi connectivity index (χ4v) is 2.08. The van der Waals surface area contributed by atoms with Gasteiger partial charge in [0.05, 0.1) is 6.54 Å². The van der Waals surface area contributed by atoms with Crippen LogP contribution in [0.25, 0.3) is 0 Å². The number of rotatable bonds is 3. The first-order chi connectivity index (χ1) is 9.65. The molecule has 0 bridgehead atoms. The number of amides is 2. The summed E-state index contributed by atoms with van der Waals surface area (Å²) in [4.78, 5) is 30.8. The van der Waals surface area contributed by atoms with Gasteiger partial charge in [0, 0.05) is 39.3 Å². The smallest absolute Gasteiger partial charge is 0.252 e. The summed E-state index contributed by atoms with van der Waals surface area (Å²) in [6.07, 6.45) is 1.78. The molecule has 0 radical (unpaired) electrons. The van der Waals surface area contributed by atoms with Gasteiger partial charge in [0.25, 0.3) is 5.91 Å². The normalized spacial score (nSPS) is 15.8. The minimum absolute atomic E-state index is 0.202. The summed E-state index contributed by atoms with van der Waals surface area (Å²) in [7, 11) is 0. The van der Waals surface area contributed by atoms with E-state index in [1.54, 1.807) is 6.20 Å². The fraction of sp³-hybridized carbons (Fsp3) is 0.462. The van der Waals surface area contributed by atoms with E-state index in [2.05, 4.69) is 25.6 Å². The Morgan fingerprint density at radius 3 is 2.55 bits per heavy atom. The Morgan fingerprint density at radius 1 is 1.20 bits per heavy atom. The average Bonchev–Trinajstić information content (AvgIpc) is 2.47. The second-order valence-electron chi connectivity index (χ2n) is 4.68. The molecule has 7 heteroatoms. The van der Waals surface area contributed by atoms with Crippen molar-refractivity contribution in [2.24, 2.45) is 0 Å². The molecule has 108 valence electrons. The Balaban J connectivity index is 1.74. The lowest BCUT2D eigenvalue weighted by Gasteiger charge is -2.34. The van der Waals surface area contributed by atoms with Crippen molar-refractivity contribution in [2.75, 3.05) is 37.6 Å². The lowest BCUT2D eigenvalue weighted by Crippen LogP contribution is -2.51. The third-order valence-corrected chi connectivity index (χ3v) is 3.09. The highest BCUT2D eigenvalue weighted by molar-refractivity contribution is 5.81. The van der Waals surface area contributed by atoms with Crippen LogP contribution in [0.3, 0.4) is 0 Å². The zero-order chi connectivity index (χ0) is 14.4. The van der Waals surface area contributed by atoms with Crippen molar-refractivity contribution in [1.82, 2.24) is 20.7 Å². The number of hydrazine groups is 1. The summed E-state index contributed by atoms with van der Waals surface area (Å²) >= 11 is 0. The zero-order valence-corrected chi connectivity index (χ0v) is 11.5. The maximum absolute atomic E-state index is 11.6. The molecular weight excluding hydrogens is 258 g/mol. The van der Waals surface area contributed by atoms with Gasteiger partial charge >= 0.3 is 0 Å². The number of nitrogens with one attached hydrogen (secondary N) is 2. The van der Waals surface area contributed by atoms with Crippen LogP contribution in [-0.2, 0) is 9.59 Å². The quantitative estimate of drug-likeness (QED) is 0.719. The molecule has 1 aliphatic heterocycles. The highest BCUT2D eigenvalue weighted by Gasteiger charge is 2.19. The van der Waals surface area contributed by atoms with Crippen molar-refractivity contribution in [3.05, 3.63) is 24.4 Å². The van der Waals surface area contributed by atoms with E-state index in [9.17, 15) is 9.59 Å². The highest BCUT2D eigenvalue weighted by Crippen LogP contribution is 2.11. The second kappa shape index (κ2) is 6.85. The van der Waals surface area contributed by atoms with Gasteiger partial charge < -0.3 is 4.90 Å². The van der Waals surface area contributed by atoms with Crippen LogP contribution in [0.1, 0.15) is 6.92 Å². The predicted molar refractivity (Wildman–Crippen MR) is 74.8 cm³/mol. The van der Waals surface area contributed by atoms with Crippen LogP contribution in [0.2, 0.25) is 0 Å². The summed E-state index contributed by atoms with van der Waals surface area (Å²) in [6, 6.07) is 5.85. The summed E-state index contributed by atoms with van der Waals surface area (Å²) in [5.74, 6) is 0.486. The summed E-state index contributed by atoms with van der Waals surface area (Å²) in [6.45, 7) is 4.91. The Bertz CT molecular complexity index is 457. The predicted octanol–water partition coefficient (Wildman–Crippen LogP) is -0.629. The molecule has 2 rings (SSSR count).